The van der Waals surface area contributed by atoms with Crippen LogP contribution in [0.2, 0.25) is 5.02 Å². The molecule has 4 rings (SSSR count). The molecule has 0 radical (unpaired) electrons. The third-order valence-electron chi connectivity index (χ3n) is 4.07. The Kier molecular flexibility index (Phi) is 4.46. The van der Waals surface area contributed by atoms with Gasteiger partial charge >= 0.3 is 0 Å². The lowest BCUT2D eigenvalue weighted by atomic mass is 10.1. The lowest BCUT2D eigenvalue weighted by Crippen LogP contribution is -2.06. The summed E-state index contributed by atoms with van der Waals surface area (Å²) in [5.41, 5.74) is 9.94. The van der Waals surface area contributed by atoms with Crippen LogP contribution in [-0.2, 0) is 13.0 Å². The second kappa shape index (κ2) is 7.06. The minimum absolute atomic E-state index is 0.509. The number of fused-ring (bicyclic) bond motifs is 1. The second-order valence-electron chi connectivity index (χ2n) is 6.04. The highest BCUT2D eigenvalue weighted by Crippen LogP contribution is 2.26. The molecule has 2 aromatic carbocycles. The SMILES string of the molecule is Nc1ccc2c(c1)NC(=NCc1ccc(Oc3ccc(Cl)cn3)cc1)C2. The topological polar surface area (TPSA) is 72.5 Å². The van der Waals surface area contributed by atoms with Gasteiger partial charge in [0.05, 0.1) is 11.6 Å². The van der Waals surface area contributed by atoms with Crippen LogP contribution in [0.1, 0.15) is 11.1 Å². The first kappa shape index (κ1) is 16.4. The maximum absolute atomic E-state index is 5.82. The summed E-state index contributed by atoms with van der Waals surface area (Å²) in [6, 6.07) is 17.2. The molecule has 3 N–H and O–H groups in total. The van der Waals surface area contributed by atoms with Gasteiger partial charge in [0.2, 0.25) is 5.88 Å². The molecule has 0 amide bonds. The molecule has 0 spiro atoms. The minimum Gasteiger partial charge on any atom is -0.439 e. The van der Waals surface area contributed by atoms with Crippen LogP contribution in [0, 0.1) is 0 Å². The Morgan fingerprint density at radius 3 is 2.73 bits per heavy atom. The Labute approximate surface area is 156 Å². The van der Waals surface area contributed by atoms with E-state index >= 15 is 0 Å². The molecule has 26 heavy (non-hydrogen) atoms. The van der Waals surface area contributed by atoms with Gasteiger partial charge in [0, 0.05) is 30.1 Å². The van der Waals surface area contributed by atoms with E-state index in [2.05, 4.69) is 15.3 Å². The predicted molar refractivity (Wildman–Crippen MR) is 105 cm³/mol. The summed E-state index contributed by atoms with van der Waals surface area (Å²) in [5.74, 6) is 2.18. The molecule has 1 aliphatic rings. The minimum atomic E-state index is 0.509. The van der Waals surface area contributed by atoms with E-state index in [1.807, 2.05) is 42.5 Å². The van der Waals surface area contributed by atoms with Gasteiger partial charge in [-0.25, -0.2) is 4.98 Å². The van der Waals surface area contributed by atoms with Gasteiger partial charge in [-0.1, -0.05) is 29.8 Å². The standard InChI is InChI=1S/C20H17ClN4O/c21-15-4-8-20(24-12-15)26-17-6-1-13(2-7-17)11-23-19-9-14-3-5-16(22)10-18(14)25-19/h1-8,10,12H,9,11,22H2,(H,23,25). The molecule has 0 unspecified atom stereocenters. The van der Waals surface area contributed by atoms with Crippen LogP contribution in [0.25, 0.3) is 0 Å². The van der Waals surface area contributed by atoms with Crippen molar-refractivity contribution in [3.63, 3.8) is 0 Å². The molecule has 0 atom stereocenters. The van der Waals surface area contributed by atoms with E-state index in [0.29, 0.717) is 17.4 Å². The maximum atomic E-state index is 5.82. The van der Waals surface area contributed by atoms with E-state index in [0.717, 1.165) is 34.9 Å². The Morgan fingerprint density at radius 2 is 1.96 bits per heavy atom. The summed E-state index contributed by atoms with van der Waals surface area (Å²) in [5, 5.41) is 3.90. The lowest BCUT2D eigenvalue weighted by Gasteiger charge is -2.05. The summed E-state index contributed by atoms with van der Waals surface area (Å²) >= 11 is 5.82. The molecule has 2 heterocycles. The number of halogens is 1. The summed E-state index contributed by atoms with van der Waals surface area (Å²) < 4.78 is 5.69. The van der Waals surface area contributed by atoms with Crippen molar-refractivity contribution in [3.05, 3.63) is 76.9 Å². The number of anilines is 2. The van der Waals surface area contributed by atoms with Gasteiger partial charge < -0.3 is 15.8 Å². The van der Waals surface area contributed by atoms with E-state index < -0.39 is 0 Å². The molecule has 6 heteroatoms. The van der Waals surface area contributed by atoms with Crippen LogP contribution < -0.4 is 15.8 Å². The normalized spacial score (nSPS) is 14.1. The van der Waals surface area contributed by atoms with Gasteiger partial charge in [-0.3, -0.25) is 4.99 Å². The lowest BCUT2D eigenvalue weighted by molar-refractivity contribution is 0.463. The van der Waals surface area contributed by atoms with Gasteiger partial charge in [-0.2, -0.15) is 0 Å². The van der Waals surface area contributed by atoms with Crippen molar-refractivity contribution in [1.29, 1.82) is 0 Å². The summed E-state index contributed by atoms with van der Waals surface area (Å²) in [4.78, 5) is 8.78. The predicted octanol–water partition coefficient (Wildman–Crippen LogP) is 4.68. The smallest absolute Gasteiger partial charge is 0.219 e. The highest BCUT2D eigenvalue weighted by Gasteiger charge is 2.15. The number of nitrogens with zero attached hydrogens (tertiary/aromatic N) is 2. The number of benzene rings is 2. The third-order valence-corrected chi connectivity index (χ3v) is 4.29. The van der Waals surface area contributed by atoms with Crippen molar-refractivity contribution in [2.45, 2.75) is 13.0 Å². The fourth-order valence-corrected chi connectivity index (χ4v) is 2.84. The largest absolute Gasteiger partial charge is 0.439 e. The highest BCUT2D eigenvalue weighted by atomic mass is 35.5. The number of amidine groups is 1. The van der Waals surface area contributed by atoms with Crippen molar-refractivity contribution in [2.24, 2.45) is 4.99 Å². The number of aliphatic imine (C=N–C) groups is 1. The van der Waals surface area contributed by atoms with Gasteiger partial charge in [-0.05, 0) is 41.5 Å². The van der Waals surface area contributed by atoms with Crippen LogP contribution in [0.5, 0.6) is 11.6 Å². The van der Waals surface area contributed by atoms with Gasteiger partial charge in [0.25, 0.3) is 0 Å². The average molecular weight is 365 g/mol. The number of nitrogens with two attached hydrogens (primary N) is 1. The summed E-state index contributed by atoms with van der Waals surface area (Å²) in [6.07, 6.45) is 2.36. The number of rotatable bonds is 4. The number of aromatic nitrogens is 1. The number of hydrogen-bond donors (Lipinski definition) is 2. The van der Waals surface area contributed by atoms with Gasteiger partial charge in [-0.15, -0.1) is 0 Å². The van der Waals surface area contributed by atoms with Crippen molar-refractivity contribution in [3.8, 4) is 11.6 Å². The fourth-order valence-electron chi connectivity index (χ4n) is 2.73. The molecule has 1 aliphatic heterocycles. The fraction of sp³-hybridized carbons (Fsp3) is 0.100. The van der Waals surface area contributed by atoms with Gasteiger partial charge in [0.15, 0.2) is 0 Å². The monoisotopic (exact) mass is 364 g/mol. The number of ether oxygens (including phenoxy) is 1. The van der Waals surface area contributed by atoms with E-state index in [1.165, 1.54) is 5.56 Å². The average Bonchev–Trinajstić information content (AvgIpc) is 3.05. The van der Waals surface area contributed by atoms with Crippen LogP contribution >= 0.6 is 11.6 Å². The zero-order chi connectivity index (χ0) is 17.9. The first-order chi connectivity index (χ1) is 12.7. The summed E-state index contributed by atoms with van der Waals surface area (Å²) in [6.45, 7) is 0.602. The van der Waals surface area contributed by atoms with E-state index in [-0.39, 0.29) is 0 Å². The Bertz CT molecular complexity index is 953. The Morgan fingerprint density at radius 1 is 1.12 bits per heavy atom. The van der Waals surface area contributed by atoms with Crippen molar-refractivity contribution in [1.82, 2.24) is 4.98 Å². The van der Waals surface area contributed by atoms with Crippen LogP contribution in [0.15, 0.2) is 65.8 Å². The molecule has 0 aliphatic carbocycles. The molecular weight excluding hydrogens is 348 g/mol. The Hall–Kier alpha value is -3.05. The molecule has 0 fully saturated rings. The molecule has 3 aromatic rings. The molecule has 0 bridgehead atoms. The number of pyridine rings is 1. The number of nitrogens with one attached hydrogen (secondary N) is 1. The number of hydrogen-bond acceptors (Lipinski definition) is 4. The molecule has 0 saturated carbocycles. The second-order valence-corrected chi connectivity index (χ2v) is 6.48. The van der Waals surface area contributed by atoms with Crippen LogP contribution in [0.4, 0.5) is 11.4 Å². The highest BCUT2D eigenvalue weighted by molar-refractivity contribution is 6.30. The van der Waals surface area contributed by atoms with E-state index in [4.69, 9.17) is 22.1 Å². The van der Waals surface area contributed by atoms with Crippen LogP contribution in [0.3, 0.4) is 0 Å². The van der Waals surface area contributed by atoms with Crippen LogP contribution in [-0.4, -0.2) is 10.8 Å². The quantitative estimate of drug-likeness (QED) is 0.659. The van der Waals surface area contributed by atoms with E-state index in [1.54, 1.807) is 18.3 Å². The number of nitrogen functional groups attached to an aromatic ring is 1. The third kappa shape index (κ3) is 3.78. The van der Waals surface area contributed by atoms with Crippen molar-refractivity contribution < 1.29 is 4.74 Å². The molecular formula is C20H17ClN4O. The van der Waals surface area contributed by atoms with Crippen molar-refractivity contribution >= 4 is 28.8 Å². The zero-order valence-electron chi connectivity index (χ0n) is 13.9. The maximum Gasteiger partial charge on any atom is 0.219 e. The van der Waals surface area contributed by atoms with Crippen molar-refractivity contribution in [2.75, 3.05) is 11.1 Å². The Balaban J connectivity index is 1.38. The first-order valence-electron chi connectivity index (χ1n) is 8.23. The molecule has 130 valence electrons. The zero-order valence-corrected chi connectivity index (χ0v) is 14.7. The molecule has 0 saturated heterocycles. The molecule has 5 nitrogen and oxygen atoms in total. The summed E-state index contributed by atoms with van der Waals surface area (Å²) in [7, 11) is 0. The first-order valence-corrected chi connectivity index (χ1v) is 8.60. The van der Waals surface area contributed by atoms with E-state index in [9.17, 15) is 0 Å². The van der Waals surface area contributed by atoms with Gasteiger partial charge in [0.1, 0.15) is 11.6 Å². The molecule has 1 aromatic heterocycles.